The van der Waals surface area contributed by atoms with Crippen molar-refractivity contribution >= 4 is 16.8 Å². The van der Waals surface area contributed by atoms with Gasteiger partial charge >= 0.3 is 0 Å². The lowest BCUT2D eigenvalue weighted by atomic mass is 10.1. The van der Waals surface area contributed by atoms with E-state index >= 15 is 0 Å². The number of hydrogen-bond donors (Lipinski definition) is 1. The summed E-state index contributed by atoms with van der Waals surface area (Å²) in [4.78, 5) is 16.6. The third kappa shape index (κ3) is 3.86. The largest absolute Gasteiger partial charge is 0.497 e. The molecule has 0 aliphatic carbocycles. The highest BCUT2D eigenvalue weighted by molar-refractivity contribution is 5.79. The van der Waals surface area contributed by atoms with Crippen LogP contribution < -0.4 is 10.1 Å². The quantitative estimate of drug-likeness (QED) is 0.788. The maximum atomic E-state index is 12.1. The van der Waals surface area contributed by atoms with Gasteiger partial charge in [0.05, 0.1) is 31.3 Å². The van der Waals surface area contributed by atoms with E-state index in [0.717, 1.165) is 27.9 Å². The van der Waals surface area contributed by atoms with E-state index in [1.165, 1.54) is 0 Å². The average molecular weight is 306 g/mol. The van der Waals surface area contributed by atoms with E-state index in [-0.39, 0.29) is 5.91 Å². The second-order valence-corrected chi connectivity index (χ2v) is 5.30. The Balaban J connectivity index is 1.61. The van der Waals surface area contributed by atoms with E-state index in [1.807, 2.05) is 60.7 Å². The van der Waals surface area contributed by atoms with Gasteiger partial charge in [-0.2, -0.15) is 0 Å². The van der Waals surface area contributed by atoms with Crippen LogP contribution in [-0.2, 0) is 17.8 Å². The summed E-state index contributed by atoms with van der Waals surface area (Å²) in [7, 11) is 1.62. The normalized spacial score (nSPS) is 10.5. The molecule has 0 atom stereocenters. The van der Waals surface area contributed by atoms with Crippen molar-refractivity contribution in [2.24, 2.45) is 0 Å². The monoisotopic (exact) mass is 306 g/mol. The number of pyridine rings is 1. The molecule has 1 amide bonds. The second-order valence-electron chi connectivity index (χ2n) is 5.30. The lowest BCUT2D eigenvalue weighted by Crippen LogP contribution is -2.25. The van der Waals surface area contributed by atoms with E-state index < -0.39 is 0 Å². The zero-order valence-electron chi connectivity index (χ0n) is 13.0. The van der Waals surface area contributed by atoms with Crippen molar-refractivity contribution in [3.05, 3.63) is 71.9 Å². The Morgan fingerprint density at radius 3 is 2.83 bits per heavy atom. The van der Waals surface area contributed by atoms with E-state index in [0.29, 0.717) is 13.0 Å². The van der Waals surface area contributed by atoms with E-state index in [2.05, 4.69) is 10.3 Å². The smallest absolute Gasteiger partial charge is 0.224 e. The van der Waals surface area contributed by atoms with Crippen molar-refractivity contribution in [1.82, 2.24) is 10.3 Å². The van der Waals surface area contributed by atoms with Crippen LogP contribution in [0.3, 0.4) is 0 Å². The Bertz CT molecular complexity index is 830. The maximum Gasteiger partial charge on any atom is 0.224 e. The van der Waals surface area contributed by atoms with Crippen LogP contribution in [0.5, 0.6) is 5.75 Å². The summed E-state index contributed by atoms with van der Waals surface area (Å²) in [6.45, 7) is 0.424. The summed E-state index contributed by atoms with van der Waals surface area (Å²) in [5.74, 6) is 0.722. The van der Waals surface area contributed by atoms with Crippen molar-refractivity contribution in [2.45, 2.75) is 13.0 Å². The third-order valence-electron chi connectivity index (χ3n) is 3.62. The van der Waals surface area contributed by atoms with Gasteiger partial charge in [-0.1, -0.05) is 36.4 Å². The topological polar surface area (TPSA) is 51.2 Å². The van der Waals surface area contributed by atoms with Crippen LogP contribution in [0, 0.1) is 0 Å². The molecule has 3 aromatic rings. The fourth-order valence-electron chi connectivity index (χ4n) is 2.43. The molecule has 0 aliphatic heterocycles. The molecule has 4 nitrogen and oxygen atoms in total. The van der Waals surface area contributed by atoms with Crippen LogP contribution >= 0.6 is 0 Å². The summed E-state index contributed by atoms with van der Waals surface area (Å²) < 4.78 is 5.16. The SMILES string of the molecule is COc1cccc(CC(=O)NCc2ccc3ccccc3n2)c1. The first kappa shape index (κ1) is 15.0. The summed E-state index contributed by atoms with van der Waals surface area (Å²) in [6, 6.07) is 19.4. The highest BCUT2D eigenvalue weighted by Crippen LogP contribution is 2.13. The fourth-order valence-corrected chi connectivity index (χ4v) is 2.43. The maximum absolute atomic E-state index is 12.1. The molecule has 116 valence electrons. The van der Waals surface area contributed by atoms with Crippen LogP contribution in [0.25, 0.3) is 10.9 Å². The van der Waals surface area contributed by atoms with Gasteiger partial charge in [-0.05, 0) is 29.8 Å². The molecule has 0 spiro atoms. The molecule has 1 aromatic heterocycles. The van der Waals surface area contributed by atoms with E-state index in [9.17, 15) is 4.79 Å². The molecule has 4 heteroatoms. The number of para-hydroxylation sites is 1. The minimum atomic E-state index is -0.0341. The average Bonchev–Trinajstić information content (AvgIpc) is 2.60. The highest BCUT2D eigenvalue weighted by Gasteiger charge is 2.05. The lowest BCUT2D eigenvalue weighted by molar-refractivity contribution is -0.120. The Hall–Kier alpha value is -2.88. The number of nitrogens with one attached hydrogen (secondary N) is 1. The van der Waals surface area contributed by atoms with Gasteiger partial charge in [-0.15, -0.1) is 0 Å². The van der Waals surface area contributed by atoms with Crippen LogP contribution in [0.1, 0.15) is 11.3 Å². The van der Waals surface area contributed by atoms with Gasteiger partial charge in [-0.25, -0.2) is 0 Å². The molecule has 0 unspecified atom stereocenters. The zero-order valence-corrected chi connectivity index (χ0v) is 13.0. The fraction of sp³-hybridized carbons (Fsp3) is 0.158. The molecule has 0 aliphatic rings. The predicted octanol–water partition coefficient (Wildman–Crippen LogP) is 3.10. The number of benzene rings is 2. The van der Waals surface area contributed by atoms with Crippen LogP contribution in [0.2, 0.25) is 0 Å². The first-order valence-electron chi connectivity index (χ1n) is 7.49. The number of ether oxygens (including phenoxy) is 1. The Morgan fingerprint density at radius 2 is 1.96 bits per heavy atom. The minimum absolute atomic E-state index is 0.0341. The van der Waals surface area contributed by atoms with E-state index in [4.69, 9.17) is 4.74 Å². The predicted molar refractivity (Wildman–Crippen MR) is 90.3 cm³/mol. The summed E-state index contributed by atoms with van der Waals surface area (Å²) >= 11 is 0. The Kier molecular flexibility index (Phi) is 4.52. The van der Waals surface area contributed by atoms with Gasteiger partial charge in [0.1, 0.15) is 5.75 Å². The molecule has 2 aromatic carbocycles. The first-order chi connectivity index (χ1) is 11.2. The number of nitrogens with zero attached hydrogens (tertiary/aromatic N) is 1. The molecule has 0 fully saturated rings. The van der Waals surface area contributed by atoms with Crippen molar-refractivity contribution < 1.29 is 9.53 Å². The summed E-state index contributed by atoms with van der Waals surface area (Å²) in [6.07, 6.45) is 0.324. The summed E-state index contributed by atoms with van der Waals surface area (Å²) in [5.41, 5.74) is 2.71. The van der Waals surface area contributed by atoms with Gasteiger partial charge in [0.2, 0.25) is 5.91 Å². The number of methoxy groups -OCH3 is 1. The molecule has 0 saturated carbocycles. The molecular formula is C19H18N2O2. The molecule has 0 radical (unpaired) electrons. The number of aromatic nitrogens is 1. The van der Waals surface area contributed by atoms with E-state index in [1.54, 1.807) is 7.11 Å². The molecule has 0 bridgehead atoms. The number of fused-ring (bicyclic) bond motifs is 1. The van der Waals surface area contributed by atoms with Gasteiger partial charge in [-0.3, -0.25) is 9.78 Å². The van der Waals surface area contributed by atoms with Crippen molar-refractivity contribution in [2.75, 3.05) is 7.11 Å². The van der Waals surface area contributed by atoms with Crippen LogP contribution in [0.15, 0.2) is 60.7 Å². The summed E-state index contributed by atoms with van der Waals surface area (Å²) in [5, 5.41) is 4.00. The first-order valence-corrected chi connectivity index (χ1v) is 7.49. The number of hydrogen-bond acceptors (Lipinski definition) is 3. The highest BCUT2D eigenvalue weighted by atomic mass is 16.5. The van der Waals surface area contributed by atoms with Crippen LogP contribution in [-0.4, -0.2) is 18.0 Å². The zero-order chi connectivity index (χ0) is 16.1. The number of carbonyl (C=O) groups is 1. The molecule has 1 N–H and O–H groups in total. The van der Waals surface area contributed by atoms with Crippen LogP contribution in [0.4, 0.5) is 0 Å². The van der Waals surface area contributed by atoms with Crippen molar-refractivity contribution in [1.29, 1.82) is 0 Å². The standard InChI is InChI=1S/C19H18N2O2/c1-23-17-7-4-5-14(11-17)12-19(22)20-13-16-10-9-15-6-2-3-8-18(15)21-16/h2-11H,12-13H2,1H3,(H,20,22). The Morgan fingerprint density at radius 1 is 1.09 bits per heavy atom. The molecule has 3 rings (SSSR count). The lowest BCUT2D eigenvalue weighted by Gasteiger charge is -2.07. The van der Waals surface area contributed by atoms with Crippen molar-refractivity contribution in [3.63, 3.8) is 0 Å². The second kappa shape index (κ2) is 6.92. The minimum Gasteiger partial charge on any atom is -0.497 e. The van der Waals surface area contributed by atoms with Crippen molar-refractivity contribution in [3.8, 4) is 5.75 Å². The molecular weight excluding hydrogens is 288 g/mol. The molecule has 23 heavy (non-hydrogen) atoms. The van der Waals surface area contributed by atoms with Gasteiger partial charge in [0.25, 0.3) is 0 Å². The van der Waals surface area contributed by atoms with Gasteiger partial charge in [0, 0.05) is 5.39 Å². The number of rotatable bonds is 5. The third-order valence-corrected chi connectivity index (χ3v) is 3.62. The number of carbonyl (C=O) groups excluding carboxylic acids is 1. The molecule has 0 saturated heterocycles. The van der Waals surface area contributed by atoms with Gasteiger partial charge in [0.15, 0.2) is 0 Å². The van der Waals surface area contributed by atoms with Gasteiger partial charge < -0.3 is 10.1 Å². The number of amides is 1. The molecule has 1 heterocycles. The Labute approximate surface area is 135 Å².